The highest BCUT2D eigenvalue weighted by Crippen LogP contribution is 2.24. The Balaban J connectivity index is 0.00000288. The molecule has 1 aromatic carbocycles. The summed E-state index contributed by atoms with van der Waals surface area (Å²) in [5, 5.41) is 5.58. The highest BCUT2D eigenvalue weighted by atomic mass is 127. The van der Waals surface area contributed by atoms with Gasteiger partial charge >= 0.3 is 0 Å². The molecule has 0 atom stereocenters. The van der Waals surface area contributed by atoms with E-state index < -0.39 is 11.6 Å². The molecule has 24 heavy (non-hydrogen) atoms. The fourth-order valence-corrected chi connectivity index (χ4v) is 2.83. The van der Waals surface area contributed by atoms with Gasteiger partial charge < -0.3 is 11.1 Å². The predicted molar refractivity (Wildman–Crippen MR) is 106 cm³/mol. The summed E-state index contributed by atoms with van der Waals surface area (Å²) < 4.78 is 26.6. The molecule has 0 bridgehead atoms. The third-order valence-electron chi connectivity index (χ3n) is 3.12. The van der Waals surface area contributed by atoms with Gasteiger partial charge in [-0.25, -0.2) is 13.8 Å². The summed E-state index contributed by atoms with van der Waals surface area (Å²) in [7, 11) is 0. The van der Waals surface area contributed by atoms with Crippen molar-refractivity contribution in [3.63, 3.8) is 0 Å². The van der Waals surface area contributed by atoms with Gasteiger partial charge in [-0.15, -0.1) is 35.3 Å². The molecule has 0 aliphatic rings. The molecular formula is C16H21F2IN4S. The topological polar surface area (TPSA) is 63.3 Å². The van der Waals surface area contributed by atoms with Crippen LogP contribution in [0.1, 0.15) is 31.5 Å². The fraction of sp³-hybridized carbons (Fsp3) is 0.375. The van der Waals surface area contributed by atoms with Crippen LogP contribution in [-0.4, -0.2) is 17.5 Å². The molecule has 0 radical (unpaired) electrons. The number of thiazole rings is 1. The summed E-state index contributed by atoms with van der Waals surface area (Å²) in [4.78, 5) is 8.68. The Kier molecular flexibility index (Phi) is 7.53. The summed E-state index contributed by atoms with van der Waals surface area (Å²) in [6.07, 6.45) is 0.648. The molecule has 0 amide bonds. The second-order valence-electron chi connectivity index (χ2n) is 6.14. The molecule has 2 rings (SSSR count). The number of nitrogens with zero attached hydrogens (tertiary/aromatic N) is 2. The maximum atomic E-state index is 13.5. The quantitative estimate of drug-likeness (QED) is 0.401. The summed E-state index contributed by atoms with van der Waals surface area (Å²) in [6, 6.07) is 3.12. The number of rotatable bonds is 4. The molecule has 1 heterocycles. The Morgan fingerprint density at radius 3 is 2.67 bits per heavy atom. The normalized spacial score (nSPS) is 12.0. The minimum Gasteiger partial charge on any atom is -0.370 e. The SMILES string of the molecule is CC(C)(C)c1csc(CCN=C(N)Nc2cc(F)ccc2F)n1.I. The second kappa shape index (κ2) is 8.70. The summed E-state index contributed by atoms with van der Waals surface area (Å²) in [6.45, 7) is 6.76. The third kappa shape index (κ3) is 5.97. The van der Waals surface area contributed by atoms with Crippen LogP contribution in [0.25, 0.3) is 0 Å². The summed E-state index contributed by atoms with van der Waals surface area (Å²) in [5.41, 5.74) is 6.74. The highest BCUT2D eigenvalue weighted by molar-refractivity contribution is 14.0. The van der Waals surface area contributed by atoms with E-state index in [4.69, 9.17) is 5.73 Å². The van der Waals surface area contributed by atoms with Crippen LogP contribution in [-0.2, 0) is 11.8 Å². The Bertz CT molecular complexity index is 710. The molecular weight excluding hydrogens is 445 g/mol. The Hall–Kier alpha value is -1.29. The van der Waals surface area contributed by atoms with Gasteiger partial charge in [-0.05, 0) is 12.1 Å². The van der Waals surface area contributed by atoms with Crippen molar-refractivity contribution in [1.29, 1.82) is 0 Å². The van der Waals surface area contributed by atoms with Gasteiger partial charge in [0.05, 0.1) is 16.4 Å². The molecule has 132 valence electrons. The first-order chi connectivity index (χ1) is 10.8. The zero-order valence-corrected chi connectivity index (χ0v) is 16.9. The predicted octanol–water partition coefficient (Wildman–Crippen LogP) is 4.31. The molecule has 0 saturated heterocycles. The van der Waals surface area contributed by atoms with E-state index in [0.29, 0.717) is 13.0 Å². The first-order valence-corrected chi connectivity index (χ1v) is 8.10. The largest absolute Gasteiger partial charge is 0.370 e. The zero-order chi connectivity index (χ0) is 17.0. The van der Waals surface area contributed by atoms with Gasteiger partial charge in [0.1, 0.15) is 11.6 Å². The van der Waals surface area contributed by atoms with Crippen LogP contribution in [0.2, 0.25) is 0 Å². The molecule has 4 nitrogen and oxygen atoms in total. The fourth-order valence-electron chi connectivity index (χ4n) is 1.81. The molecule has 3 N–H and O–H groups in total. The van der Waals surface area contributed by atoms with Gasteiger partial charge in [-0.2, -0.15) is 0 Å². The van der Waals surface area contributed by atoms with Crippen LogP contribution in [0.15, 0.2) is 28.6 Å². The number of nitrogens with two attached hydrogens (primary N) is 1. The standard InChI is InChI=1S/C16H20F2N4S.HI/c1-16(2,3)13-9-23-14(22-13)6-7-20-15(19)21-12-8-10(17)4-5-11(12)18;/h4-5,8-9H,6-7H2,1-3H3,(H3,19,20,21);1H. The smallest absolute Gasteiger partial charge is 0.193 e. The Morgan fingerprint density at radius 1 is 1.33 bits per heavy atom. The number of aromatic nitrogens is 1. The van der Waals surface area contributed by atoms with Crippen LogP contribution >= 0.6 is 35.3 Å². The third-order valence-corrected chi connectivity index (χ3v) is 4.03. The lowest BCUT2D eigenvalue weighted by atomic mass is 9.93. The van der Waals surface area contributed by atoms with Gasteiger partial charge in [0.2, 0.25) is 0 Å². The number of guanidine groups is 1. The highest BCUT2D eigenvalue weighted by Gasteiger charge is 2.17. The van der Waals surface area contributed by atoms with Crippen LogP contribution in [0.3, 0.4) is 0 Å². The molecule has 0 unspecified atom stereocenters. The number of hydrogen-bond acceptors (Lipinski definition) is 3. The van der Waals surface area contributed by atoms with Gasteiger partial charge in [0, 0.05) is 29.8 Å². The Labute approximate surface area is 161 Å². The van der Waals surface area contributed by atoms with Gasteiger partial charge in [0.15, 0.2) is 5.96 Å². The van der Waals surface area contributed by atoms with Crippen molar-refractivity contribution in [2.24, 2.45) is 10.7 Å². The van der Waals surface area contributed by atoms with Crippen molar-refractivity contribution < 1.29 is 8.78 Å². The Morgan fingerprint density at radius 2 is 2.04 bits per heavy atom. The number of hydrogen-bond donors (Lipinski definition) is 2. The average molecular weight is 466 g/mol. The van der Waals surface area contributed by atoms with E-state index in [1.807, 2.05) is 5.38 Å². The second-order valence-corrected chi connectivity index (χ2v) is 7.09. The molecule has 8 heteroatoms. The minimum atomic E-state index is -0.584. The van der Waals surface area contributed by atoms with Crippen molar-refractivity contribution in [2.45, 2.75) is 32.6 Å². The average Bonchev–Trinajstić information content (AvgIpc) is 2.92. The van der Waals surface area contributed by atoms with Crippen molar-refractivity contribution in [3.05, 3.63) is 45.9 Å². The van der Waals surface area contributed by atoms with Gasteiger partial charge in [-0.3, -0.25) is 4.99 Å². The zero-order valence-electron chi connectivity index (χ0n) is 13.8. The van der Waals surface area contributed by atoms with E-state index >= 15 is 0 Å². The number of nitrogens with one attached hydrogen (secondary N) is 1. The van der Waals surface area contributed by atoms with Crippen LogP contribution in [0, 0.1) is 11.6 Å². The molecule has 0 saturated carbocycles. The molecule has 0 aliphatic carbocycles. The molecule has 1 aromatic heterocycles. The van der Waals surface area contributed by atoms with E-state index in [1.54, 1.807) is 11.3 Å². The molecule has 0 fully saturated rings. The lowest BCUT2D eigenvalue weighted by Gasteiger charge is -2.14. The van der Waals surface area contributed by atoms with Crippen LogP contribution in [0.5, 0.6) is 0 Å². The molecule has 0 spiro atoms. The van der Waals surface area contributed by atoms with E-state index in [-0.39, 0.29) is 41.0 Å². The first kappa shape index (κ1) is 20.8. The number of halogens is 3. The first-order valence-electron chi connectivity index (χ1n) is 7.22. The number of aliphatic imine (C=N–C) groups is 1. The lowest BCUT2D eigenvalue weighted by Crippen LogP contribution is -2.23. The van der Waals surface area contributed by atoms with E-state index in [0.717, 1.165) is 28.9 Å². The van der Waals surface area contributed by atoms with E-state index in [1.165, 1.54) is 0 Å². The summed E-state index contributed by atoms with van der Waals surface area (Å²) in [5.74, 6) is -1.08. The van der Waals surface area contributed by atoms with E-state index in [9.17, 15) is 8.78 Å². The van der Waals surface area contributed by atoms with Crippen LogP contribution < -0.4 is 11.1 Å². The van der Waals surface area contributed by atoms with Crippen LogP contribution in [0.4, 0.5) is 14.5 Å². The minimum absolute atomic E-state index is 0. The molecule has 0 aliphatic heterocycles. The van der Waals surface area contributed by atoms with Crippen molar-refractivity contribution in [2.75, 3.05) is 11.9 Å². The van der Waals surface area contributed by atoms with Crippen molar-refractivity contribution in [3.8, 4) is 0 Å². The maximum absolute atomic E-state index is 13.5. The number of anilines is 1. The monoisotopic (exact) mass is 466 g/mol. The van der Waals surface area contributed by atoms with Crippen molar-refractivity contribution >= 4 is 47.0 Å². The maximum Gasteiger partial charge on any atom is 0.193 e. The molecule has 2 aromatic rings. The number of benzene rings is 1. The van der Waals surface area contributed by atoms with Gasteiger partial charge in [0.25, 0.3) is 0 Å². The lowest BCUT2D eigenvalue weighted by molar-refractivity contribution is 0.571. The van der Waals surface area contributed by atoms with Crippen molar-refractivity contribution in [1.82, 2.24) is 4.98 Å². The van der Waals surface area contributed by atoms with Gasteiger partial charge in [-0.1, -0.05) is 20.8 Å². The summed E-state index contributed by atoms with van der Waals surface area (Å²) >= 11 is 1.59. The van der Waals surface area contributed by atoms with E-state index in [2.05, 4.69) is 36.1 Å².